The molecule has 1 aliphatic rings. The predicted octanol–water partition coefficient (Wildman–Crippen LogP) is 3.28. The quantitative estimate of drug-likeness (QED) is 0.812. The van der Waals surface area contributed by atoms with E-state index in [2.05, 4.69) is 5.32 Å². The predicted molar refractivity (Wildman–Crippen MR) is 95.8 cm³/mol. The molecule has 0 atom stereocenters. The number of carbonyl (C=O) groups excluding carboxylic acids is 2. The van der Waals surface area contributed by atoms with Crippen molar-refractivity contribution in [2.75, 3.05) is 18.9 Å². The fourth-order valence-electron chi connectivity index (χ4n) is 2.97. The van der Waals surface area contributed by atoms with Gasteiger partial charge in [0, 0.05) is 18.7 Å². The largest absolute Gasteiger partial charge is 0.481 e. The van der Waals surface area contributed by atoms with Crippen molar-refractivity contribution in [2.24, 2.45) is 11.8 Å². The minimum atomic E-state index is -0.805. The molecule has 0 unspecified atom stereocenters. The van der Waals surface area contributed by atoms with Gasteiger partial charge in [0.15, 0.2) is 0 Å². The molecule has 2 amide bonds. The number of likely N-dealkylation sites (N-methyl/N-ethyl adjacent to an activating group) is 1. The molecule has 0 bridgehead atoms. The molecule has 0 aliphatic heterocycles. The van der Waals surface area contributed by atoms with E-state index in [1.807, 2.05) is 0 Å². The van der Waals surface area contributed by atoms with Crippen molar-refractivity contribution in [3.63, 3.8) is 0 Å². The van der Waals surface area contributed by atoms with Crippen LogP contribution in [0.2, 0.25) is 10.0 Å². The molecule has 0 spiro atoms. The Labute approximate surface area is 156 Å². The highest BCUT2D eigenvalue weighted by Crippen LogP contribution is 2.30. The van der Waals surface area contributed by atoms with Crippen molar-refractivity contribution in [3.8, 4) is 0 Å². The highest BCUT2D eigenvalue weighted by Gasteiger charge is 2.31. The summed E-state index contributed by atoms with van der Waals surface area (Å²) in [6.07, 6.45) is 2.06. The molecule has 2 N–H and O–H groups in total. The summed E-state index contributed by atoms with van der Waals surface area (Å²) in [5, 5.41) is 12.4. The number of carbonyl (C=O) groups is 3. The van der Waals surface area contributed by atoms with E-state index in [4.69, 9.17) is 28.3 Å². The van der Waals surface area contributed by atoms with Crippen molar-refractivity contribution in [2.45, 2.75) is 25.7 Å². The molecule has 1 saturated carbocycles. The Bertz CT molecular complexity index is 673. The van der Waals surface area contributed by atoms with Crippen LogP contribution in [0.25, 0.3) is 0 Å². The number of benzene rings is 1. The van der Waals surface area contributed by atoms with Gasteiger partial charge < -0.3 is 15.3 Å². The van der Waals surface area contributed by atoms with E-state index >= 15 is 0 Å². The van der Waals surface area contributed by atoms with Gasteiger partial charge in [-0.1, -0.05) is 23.2 Å². The van der Waals surface area contributed by atoms with Crippen LogP contribution in [0, 0.1) is 11.8 Å². The maximum atomic E-state index is 12.4. The van der Waals surface area contributed by atoms with Gasteiger partial charge in [0.05, 0.1) is 22.5 Å². The SMILES string of the molecule is CN(CC(=O)Nc1ccc(Cl)c(Cl)c1)C(=O)C1CCC(C(=O)O)CC1. The van der Waals surface area contributed by atoms with Gasteiger partial charge in [-0.3, -0.25) is 14.4 Å². The summed E-state index contributed by atoms with van der Waals surface area (Å²) in [5.74, 6) is -1.87. The molecule has 0 heterocycles. The fraction of sp³-hybridized carbons (Fsp3) is 0.471. The molecular formula is C17H20Cl2N2O4. The summed E-state index contributed by atoms with van der Waals surface area (Å²) in [6, 6.07) is 4.74. The van der Waals surface area contributed by atoms with Crippen LogP contribution in [0.3, 0.4) is 0 Å². The van der Waals surface area contributed by atoms with Crippen molar-refractivity contribution in [1.29, 1.82) is 0 Å². The second-order valence-corrected chi connectivity index (χ2v) is 7.07. The summed E-state index contributed by atoms with van der Waals surface area (Å²) in [5.41, 5.74) is 0.502. The average Bonchev–Trinajstić information content (AvgIpc) is 2.57. The molecule has 1 aromatic carbocycles. The molecule has 0 radical (unpaired) electrons. The molecular weight excluding hydrogens is 367 g/mol. The summed E-state index contributed by atoms with van der Waals surface area (Å²) in [7, 11) is 1.57. The Morgan fingerprint density at radius 2 is 1.72 bits per heavy atom. The zero-order valence-corrected chi connectivity index (χ0v) is 15.3. The maximum Gasteiger partial charge on any atom is 0.306 e. The van der Waals surface area contributed by atoms with E-state index in [-0.39, 0.29) is 30.2 Å². The first kappa shape index (κ1) is 19.5. The average molecular weight is 387 g/mol. The van der Waals surface area contributed by atoms with Gasteiger partial charge in [-0.05, 0) is 43.9 Å². The van der Waals surface area contributed by atoms with Crippen LogP contribution in [0.5, 0.6) is 0 Å². The number of nitrogens with zero attached hydrogens (tertiary/aromatic N) is 1. The minimum Gasteiger partial charge on any atom is -0.481 e. The van der Waals surface area contributed by atoms with E-state index in [0.717, 1.165) is 0 Å². The third-order valence-corrected chi connectivity index (χ3v) is 5.13. The summed E-state index contributed by atoms with van der Waals surface area (Å²) in [6.45, 7) is -0.0854. The van der Waals surface area contributed by atoms with Gasteiger partial charge in [-0.2, -0.15) is 0 Å². The van der Waals surface area contributed by atoms with E-state index in [0.29, 0.717) is 41.4 Å². The van der Waals surface area contributed by atoms with Crippen LogP contribution in [0.15, 0.2) is 18.2 Å². The molecule has 1 fully saturated rings. The number of hydrogen-bond donors (Lipinski definition) is 2. The first-order valence-electron chi connectivity index (χ1n) is 8.00. The Morgan fingerprint density at radius 1 is 1.12 bits per heavy atom. The number of rotatable bonds is 5. The summed E-state index contributed by atoms with van der Waals surface area (Å²) < 4.78 is 0. The van der Waals surface area contributed by atoms with E-state index in [1.165, 1.54) is 11.0 Å². The number of carboxylic acids is 1. The van der Waals surface area contributed by atoms with Crippen molar-refractivity contribution < 1.29 is 19.5 Å². The molecule has 1 aromatic rings. The van der Waals surface area contributed by atoms with Crippen molar-refractivity contribution in [1.82, 2.24) is 4.90 Å². The van der Waals surface area contributed by atoms with Crippen LogP contribution in [0.4, 0.5) is 5.69 Å². The minimum absolute atomic E-state index is 0.0854. The van der Waals surface area contributed by atoms with Crippen molar-refractivity contribution in [3.05, 3.63) is 28.2 Å². The Hall–Kier alpha value is -1.79. The van der Waals surface area contributed by atoms with E-state index < -0.39 is 5.97 Å². The molecule has 6 nitrogen and oxygen atoms in total. The number of carboxylic acid groups (broad SMARTS) is 1. The van der Waals surface area contributed by atoms with Gasteiger partial charge in [0.1, 0.15) is 0 Å². The fourth-order valence-corrected chi connectivity index (χ4v) is 3.26. The molecule has 0 aromatic heterocycles. The van der Waals surface area contributed by atoms with Crippen LogP contribution in [-0.4, -0.2) is 41.4 Å². The number of amides is 2. The molecule has 136 valence electrons. The second-order valence-electron chi connectivity index (χ2n) is 6.26. The Kier molecular flexibility index (Phi) is 6.67. The number of nitrogens with one attached hydrogen (secondary N) is 1. The Morgan fingerprint density at radius 3 is 2.28 bits per heavy atom. The van der Waals surface area contributed by atoms with Crippen LogP contribution < -0.4 is 5.32 Å². The number of halogens is 2. The molecule has 0 saturated heterocycles. The summed E-state index contributed by atoms with van der Waals surface area (Å²) >= 11 is 11.7. The lowest BCUT2D eigenvalue weighted by molar-refractivity contribution is -0.145. The highest BCUT2D eigenvalue weighted by molar-refractivity contribution is 6.42. The Balaban J connectivity index is 1.85. The lowest BCUT2D eigenvalue weighted by Gasteiger charge is -2.28. The topological polar surface area (TPSA) is 86.7 Å². The number of hydrogen-bond acceptors (Lipinski definition) is 3. The summed E-state index contributed by atoms with van der Waals surface area (Å²) in [4.78, 5) is 36.8. The second kappa shape index (κ2) is 8.54. The smallest absolute Gasteiger partial charge is 0.306 e. The number of aliphatic carboxylic acids is 1. The van der Waals surface area contributed by atoms with Crippen molar-refractivity contribution >= 4 is 46.7 Å². The lowest BCUT2D eigenvalue weighted by Crippen LogP contribution is -2.40. The molecule has 8 heteroatoms. The third kappa shape index (κ3) is 5.34. The van der Waals surface area contributed by atoms with Gasteiger partial charge >= 0.3 is 5.97 Å². The van der Waals surface area contributed by atoms with Gasteiger partial charge in [0.2, 0.25) is 11.8 Å². The standard InChI is InChI=1S/C17H20Cl2N2O4/c1-21(16(23)10-2-4-11(5-3-10)17(24)25)9-15(22)20-12-6-7-13(18)14(19)8-12/h6-8,10-11H,2-5,9H2,1H3,(H,20,22)(H,24,25). The lowest BCUT2D eigenvalue weighted by atomic mass is 9.81. The van der Waals surface area contributed by atoms with Gasteiger partial charge in [-0.25, -0.2) is 0 Å². The third-order valence-electron chi connectivity index (χ3n) is 4.39. The van der Waals surface area contributed by atoms with E-state index in [1.54, 1.807) is 19.2 Å². The number of anilines is 1. The van der Waals surface area contributed by atoms with Gasteiger partial charge in [-0.15, -0.1) is 0 Å². The zero-order valence-electron chi connectivity index (χ0n) is 13.8. The highest BCUT2D eigenvalue weighted by atomic mass is 35.5. The normalized spacial score (nSPS) is 20.0. The maximum absolute atomic E-state index is 12.4. The monoisotopic (exact) mass is 386 g/mol. The van der Waals surface area contributed by atoms with Crippen LogP contribution >= 0.6 is 23.2 Å². The van der Waals surface area contributed by atoms with E-state index in [9.17, 15) is 14.4 Å². The molecule has 25 heavy (non-hydrogen) atoms. The van der Waals surface area contributed by atoms with Gasteiger partial charge in [0.25, 0.3) is 0 Å². The first-order chi connectivity index (χ1) is 11.8. The first-order valence-corrected chi connectivity index (χ1v) is 8.76. The van der Waals surface area contributed by atoms with Crippen LogP contribution in [0.1, 0.15) is 25.7 Å². The zero-order chi connectivity index (χ0) is 18.6. The molecule has 1 aliphatic carbocycles. The molecule has 2 rings (SSSR count). The van der Waals surface area contributed by atoms with Crippen LogP contribution in [-0.2, 0) is 14.4 Å².